The Hall–Kier alpha value is -10.3. The lowest BCUT2D eigenvalue weighted by atomic mass is 9.91. The zero-order chi connectivity index (χ0) is 73.2. The minimum atomic E-state index is -0.860. The largest absolute Gasteiger partial charge is 0.493 e. The Labute approximate surface area is 597 Å². The zero-order valence-corrected chi connectivity index (χ0v) is 60.6. The van der Waals surface area contributed by atoms with Gasteiger partial charge in [0.2, 0.25) is 23.3 Å². The molecule has 24 nitrogen and oxygen atoms in total. The van der Waals surface area contributed by atoms with Crippen molar-refractivity contribution in [1.82, 2.24) is 20.4 Å². The van der Waals surface area contributed by atoms with E-state index < -0.39 is 59.9 Å². The highest BCUT2D eigenvalue weighted by molar-refractivity contribution is 5.90. The lowest BCUT2D eigenvalue weighted by Crippen LogP contribution is -2.50. The Balaban J connectivity index is 0.885. The van der Waals surface area contributed by atoms with Crippen LogP contribution in [0.25, 0.3) is 0 Å². The fraction of sp³-hybridized carbons (Fsp3) is 0.462. The van der Waals surface area contributed by atoms with Gasteiger partial charge in [-0.25, -0.2) is 9.59 Å². The number of hydrogen-bond acceptors (Lipinski definition) is 20. The molecule has 102 heavy (non-hydrogen) atoms. The molecule has 0 aliphatic carbocycles. The summed E-state index contributed by atoms with van der Waals surface area (Å²) in [4.78, 5) is 88.3. The number of aryl methyl sites for hydroxylation is 2. The molecule has 2 aliphatic heterocycles. The van der Waals surface area contributed by atoms with Crippen LogP contribution < -0.4 is 67.5 Å². The van der Waals surface area contributed by atoms with Crippen molar-refractivity contribution >= 4 is 35.6 Å². The third kappa shape index (κ3) is 19.8. The molecule has 0 radical (unpaired) electrons. The fourth-order valence-electron chi connectivity index (χ4n) is 13.1. The van der Waals surface area contributed by atoms with Crippen LogP contribution in [-0.2, 0) is 51.1 Å². The van der Waals surface area contributed by atoms with Gasteiger partial charge in [0, 0.05) is 26.2 Å². The fourth-order valence-corrected chi connectivity index (χ4v) is 13.1. The summed E-state index contributed by atoms with van der Waals surface area (Å²) >= 11 is 0. The molecule has 1 unspecified atom stereocenters. The maximum Gasteiger partial charge on any atom is 0.329 e. The van der Waals surface area contributed by atoms with Gasteiger partial charge in [-0.3, -0.25) is 19.2 Å². The summed E-state index contributed by atoms with van der Waals surface area (Å²) in [6.07, 6.45) is 4.54. The van der Waals surface area contributed by atoms with Crippen LogP contribution in [0.1, 0.15) is 135 Å². The number of hydrogen-bond donors (Lipinski definition) is 2. The van der Waals surface area contributed by atoms with E-state index in [0.717, 1.165) is 11.1 Å². The third-order valence-electron chi connectivity index (χ3n) is 18.5. The van der Waals surface area contributed by atoms with Crippen molar-refractivity contribution in [2.45, 2.75) is 127 Å². The summed E-state index contributed by atoms with van der Waals surface area (Å²) in [5.74, 6) is 1.68. The third-order valence-corrected chi connectivity index (χ3v) is 18.5. The second-order valence-electron chi connectivity index (χ2n) is 24.7. The van der Waals surface area contributed by atoms with E-state index in [0.29, 0.717) is 181 Å². The maximum absolute atomic E-state index is 14.7. The maximum atomic E-state index is 14.7. The molecule has 2 aliphatic rings. The molecular weight excluding hydrogens is 1310 g/mol. The number of nitrogens with zero attached hydrogens (tertiary/aromatic N) is 2. The Morgan fingerprint density at radius 3 is 1.11 bits per heavy atom. The molecule has 24 heteroatoms. The minimum absolute atomic E-state index is 0.0705. The minimum Gasteiger partial charge on any atom is -0.493 e. The summed E-state index contributed by atoms with van der Waals surface area (Å²) in [7, 11) is 15.3. The van der Waals surface area contributed by atoms with Crippen molar-refractivity contribution in [3.8, 4) is 69.0 Å². The monoisotopic (exact) mass is 1410 g/mol. The van der Waals surface area contributed by atoms with E-state index in [9.17, 15) is 28.8 Å². The van der Waals surface area contributed by atoms with Gasteiger partial charge in [-0.2, -0.15) is 0 Å². The molecular formula is C78H98N4O20. The average Bonchev–Trinajstić information content (AvgIpc) is 0.796. The van der Waals surface area contributed by atoms with E-state index in [1.165, 1.54) is 42.7 Å². The van der Waals surface area contributed by atoms with Crippen molar-refractivity contribution in [1.29, 1.82) is 0 Å². The first-order valence-corrected chi connectivity index (χ1v) is 34.5. The predicted octanol–water partition coefficient (Wildman–Crippen LogP) is 11.0. The molecule has 0 spiro atoms. The van der Waals surface area contributed by atoms with Gasteiger partial charge >= 0.3 is 11.9 Å². The highest BCUT2D eigenvalue weighted by atomic mass is 16.6. The normalized spacial score (nSPS) is 15.4. The number of ether oxygens (including phenoxy) is 14. The smallest absolute Gasteiger partial charge is 0.329 e. The van der Waals surface area contributed by atoms with Gasteiger partial charge < -0.3 is 86.7 Å². The van der Waals surface area contributed by atoms with Crippen molar-refractivity contribution in [3.05, 3.63) is 143 Å². The van der Waals surface area contributed by atoms with Crippen LogP contribution in [0.3, 0.4) is 0 Å². The molecule has 6 atom stereocenters. The van der Waals surface area contributed by atoms with Crippen LogP contribution in [-0.4, -0.2) is 168 Å². The Morgan fingerprint density at radius 1 is 0.412 bits per heavy atom. The first-order chi connectivity index (χ1) is 49.5. The standard InChI is InChI=1S/C78H98N4O20/c1-13-57(53-43-67(93-7)73(97-11)68(44-53)94-8)75(85)81-37-17-15-25-59(81)77(87)101-61(31-27-49-29-33-63(89-3)65(39-49)91-5)51-21-19-23-55(41-51)99-47-71(83)79-35-36-80-72(84)48-100-56-24-20-22-52(42-56)62(32-28-50-30-34-64(90-4)66(40-50)92-6)102-78(88)60-26-16-18-38-82(60)76(86)58(14-2)54-45-69(95-9)74(98-12)70(46-54)96-10/h19-24,29-30,33-34,39-46,57-62H,13-18,25-28,31-32,35-38,47-48H2,1-12H3,(H,79,83)(H,80,84)/t57-,58-,59-,60-,61+,62?/m0/s1. The average molecular weight is 1410 g/mol. The first-order valence-electron chi connectivity index (χ1n) is 34.5. The Bertz CT molecular complexity index is 3510. The van der Waals surface area contributed by atoms with Crippen LogP contribution in [0.15, 0.2) is 109 Å². The highest BCUT2D eigenvalue weighted by Gasteiger charge is 2.40. The number of benzene rings is 6. The predicted molar refractivity (Wildman–Crippen MR) is 380 cm³/mol. The van der Waals surface area contributed by atoms with Gasteiger partial charge in [-0.1, -0.05) is 50.2 Å². The van der Waals surface area contributed by atoms with E-state index in [-0.39, 0.29) is 38.1 Å². The number of carbonyl (C=O) groups is 6. The van der Waals surface area contributed by atoms with Crippen molar-refractivity contribution in [2.24, 2.45) is 0 Å². The summed E-state index contributed by atoms with van der Waals surface area (Å²) in [5.41, 5.74) is 4.34. The van der Waals surface area contributed by atoms with Crippen LogP contribution in [0, 0.1) is 0 Å². The Kier molecular flexibility index (Phi) is 29.3. The molecule has 4 amide bonds. The van der Waals surface area contributed by atoms with Gasteiger partial charge in [0.15, 0.2) is 59.2 Å². The molecule has 0 bridgehead atoms. The van der Waals surface area contributed by atoms with E-state index >= 15 is 0 Å². The summed E-state index contributed by atoms with van der Waals surface area (Å²) in [5, 5.41) is 5.55. The molecule has 2 N–H and O–H groups in total. The molecule has 2 fully saturated rings. The van der Waals surface area contributed by atoms with Gasteiger partial charge in [0.25, 0.3) is 11.8 Å². The number of esters is 2. The number of amides is 4. The first kappa shape index (κ1) is 77.5. The quantitative estimate of drug-likeness (QED) is 0.0271. The van der Waals surface area contributed by atoms with Gasteiger partial charge in [-0.15, -0.1) is 0 Å². The summed E-state index contributed by atoms with van der Waals surface area (Å²) in [6, 6.07) is 30.5. The zero-order valence-electron chi connectivity index (χ0n) is 60.6. The molecule has 0 aromatic heterocycles. The lowest BCUT2D eigenvalue weighted by molar-refractivity contribution is -0.162. The summed E-state index contributed by atoms with van der Waals surface area (Å²) < 4.78 is 80.7. The number of carbonyl (C=O) groups excluding carboxylic acids is 6. The lowest BCUT2D eigenvalue weighted by Gasteiger charge is -2.37. The SMILES string of the molecule is CC[C@H](C(=O)N1CCCC[C@H]1C(=O)OC(CCc1ccc(OC)c(OC)c1)c1cccc(OCC(=O)NCCNC(=O)COc2cccc([C@@H](CCc3ccc(OC)c(OC)c3)OC(=O)[C@@H]3CCCCN3C(=O)[C@@H](CC)c3cc(OC)c(OC)c(OC)c3)c2)c1)c1cc(OC)c(OC)c(OC)c1. The van der Waals surface area contributed by atoms with Gasteiger partial charge in [-0.05, 0) is 183 Å². The van der Waals surface area contributed by atoms with E-state index in [2.05, 4.69) is 10.6 Å². The number of methoxy groups -OCH3 is 10. The van der Waals surface area contributed by atoms with Crippen molar-refractivity contribution in [2.75, 3.05) is 110 Å². The number of likely N-dealkylation sites (tertiary alicyclic amines) is 2. The second kappa shape index (κ2) is 38.5. The van der Waals surface area contributed by atoms with Crippen LogP contribution in [0.2, 0.25) is 0 Å². The van der Waals surface area contributed by atoms with Crippen molar-refractivity contribution in [3.63, 3.8) is 0 Å². The molecule has 6 aromatic rings. The van der Waals surface area contributed by atoms with Gasteiger partial charge in [0.1, 0.15) is 35.8 Å². The molecule has 8 rings (SSSR count). The molecule has 2 heterocycles. The molecule has 550 valence electrons. The van der Waals surface area contributed by atoms with Crippen molar-refractivity contribution < 1.29 is 95.1 Å². The van der Waals surface area contributed by atoms with Crippen LogP contribution in [0.5, 0.6) is 69.0 Å². The molecule has 6 aromatic carbocycles. The number of nitrogens with one attached hydrogen (secondary N) is 2. The highest BCUT2D eigenvalue weighted by Crippen LogP contribution is 2.44. The van der Waals surface area contributed by atoms with Gasteiger partial charge in [0.05, 0.1) is 82.9 Å². The molecule has 0 saturated carbocycles. The topological polar surface area (TPSA) is 262 Å². The molecule has 2 saturated heterocycles. The van der Waals surface area contributed by atoms with E-state index in [4.69, 9.17) is 66.3 Å². The number of piperidine rings is 2. The van der Waals surface area contributed by atoms with Crippen LogP contribution >= 0.6 is 0 Å². The van der Waals surface area contributed by atoms with E-state index in [1.807, 2.05) is 62.4 Å². The second-order valence-corrected chi connectivity index (χ2v) is 24.7. The number of rotatable bonds is 37. The Morgan fingerprint density at radius 2 is 0.775 bits per heavy atom. The van der Waals surface area contributed by atoms with E-state index in [1.54, 1.807) is 98.9 Å². The summed E-state index contributed by atoms with van der Waals surface area (Å²) in [6.45, 7) is 3.97. The van der Waals surface area contributed by atoms with Crippen LogP contribution in [0.4, 0.5) is 0 Å².